The van der Waals surface area contributed by atoms with Crippen molar-refractivity contribution in [2.45, 2.75) is 13.2 Å². The van der Waals surface area contributed by atoms with Crippen LogP contribution in [0.2, 0.25) is 0 Å². The Labute approximate surface area is 105 Å². The second kappa shape index (κ2) is 5.10. The molecule has 0 fully saturated rings. The molecule has 5 nitrogen and oxygen atoms in total. The highest BCUT2D eigenvalue weighted by Crippen LogP contribution is 2.10. The molecule has 0 spiro atoms. The van der Waals surface area contributed by atoms with Crippen LogP contribution in [-0.4, -0.2) is 16.5 Å². The minimum atomic E-state index is -0.173. The third-order valence-electron chi connectivity index (χ3n) is 2.98. The molecule has 0 unspecified atom stereocenters. The van der Waals surface area contributed by atoms with Gasteiger partial charge in [0.1, 0.15) is 5.69 Å². The van der Waals surface area contributed by atoms with E-state index < -0.39 is 0 Å². The van der Waals surface area contributed by atoms with Crippen molar-refractivity contribution in [3.05, 3.63) is 51.9 Å². The van der Waals surface area contributed by atoms with Crippen LogP contribution in [0.15, 0.2) is 35.1 Å². The van der Waals surface area contributed by atoms with E-state index in [4.69, 9.17) is 10.5 Å². The second-order valence-electron chi connectivity index (χ2n) is 4.17. The van der Waals surface area contributed by atoms with Gasteiger partial charge in [-0.3, -0.25) is 9.48 Å². The summed E-state index contributed by atoms with van der Waals surface area (Å²) < 4.78 is 8.42. The summed E-state index contributed by atoms with van der Waals surface area (Å²) in [5.74, 6) is 0. The molecular weight excluding hydrogens is 230 g/mol. The molecule has 96 valence electrons. The van der Waals surface area contributed by atoms with Crippen molar-refractivity contribution in [3.8, 4) is 0 Å². The Morgan fingerprint density at radius 3 is 2.56 bits per heavy atom. The molecule has 2 aromatic rings. The van der Waals surface area contributed by atoms with Crippen molar-refractivity contribution in [3.63, 3.8) is 0 Å². The summed E-state index contributed by atoms with van der Waals surface area (Å²) in [5.41, 5.74) is 7.66. The minimum Gasteiger partial charge on any atom is -0.393 e. The number of nitrogens with two attached hydrogens (primary N) is 1. The monoisotopic (exact) mass is 247 g/mol. The zero-order chi connectivity index (χ0) is 13.1. The average Bonchev–Trinajstić information content (AvgIpc) is 2.58. The number of hydrogen-bond acceptors (Lipinski definition) is 3. The van der Waals surface area contributed by atoms with Gasteiger partial charge in [0.15, 0.2) is 0 Å². The molecule has 0 aliphatic carbocycles. The van der Waals surface area contributed by atoms with E-state index >= 15 is 0 Å². The van der Waals surface area contributed by atoms with Crippen molar-refractivity contribution < 1.29 is 4.74 Å². The molecule has 0 radical (unpaired) electrons. The van der Waals surface area contributed by atoms with Gasteiger partial charge in [-0.2, -0.15) is 0 Å². The molecule has 1 heterocycles. The highest BCUT2D eigenvalue weighted by Gasteiger charge is 2.14. The lowest BCUT2D eigenvalue weighted by Gasteiger charge is -2.09. The van der Waals surface area contributed by atoms with Gasteiger partial charge >= 0.3 is 0 Å². The fraction of sp³-hybridized carbons (Fsp3) is 0.308. The molecule has 0 saturated carbocycles. The lowest BCUT2D eigenvalue weighted by molar-refractivity contribution is 0.177. The van der Waals surface area contributed by atoms with Gasteiger partial charge in [-0.05, 0) is 5.56 Å². The van der Waals surface area contributed by atoms with Gasteiger partial charge in [-0.25, -0.2) is 4.68 Å². The van der Waals surface area contributed by atoms with Crippen LogP contribution in [0.4, 0.5) is 5.69 Å². The van der Waals surface area contributed by atoms with Gasteiger partial charge in [0.2, 0.25) is 0 Å². The molecule has 2 rings (SSSR count). The fourth-order valence-corrected chi connectivity index (χ4v) is 1.96. The highest BCUT2D eigenvalue weighted by atomic mass is 16.5. The molecule has 2 N–H and O–H groups in total. The Bertz CT molecular complexity index is 584. The van der Waals surface area contributed by atoms with E-state index in [0.29, 0.717) is 18.8 Å². The Balaban J connectivity index is 2.40. The maximum absolute atomic E-state index is 12.1. The summed E-state index contributed by atoms with van der Waals surface area (Å²) in [6.45, 7) is 0.837. The number of anilines is 1. The number of nitrogens with zero attached hydrogens (tertiary/aromatic N) is 2. The molecule has 1 aromatic carbocycles. The van der Waals surface area contributed by atoms with Crippen LogP contribution >= 0.6 is 0 Å². The van der Waals surface area contributed by atoms with E-state index in [2.05, 4.69) is 0 Å². The van der Waals surface area contributed by atoms with E-state index in [9.17, 15) is 4.79 Å². The van der Waals surface area contributed by atoms with E-state index in [-0.39, 0.29) is 11.2 Å². The number of hydrogen-bond donors (Lipinski definition) is 1. The SMILES string of the molecule is COCc1c(N)c(=O)n(Cc2ccccc2)n1C. The summed E-state index contributed by atoms with van der Waals surface area (Å²) in [5, 5.41) is 0. The summed E-state index contributed by atoms with van der Waals surface area (Å²) in [6.07, 6.45) is 0. The van der Waals surface area contributed by atoms with Crippen molar-refractivity contribution >= 4 is 5.69 Å². The maximum atomic E-state index is 12.1. The van der Waals surface area contributed by atoms with Gasteiger partial charge in [-0.15, -0.1) is 0 Å². The number of methoxy groups -OCH3 is 1. The largest absolute Gasteiger partial charge is 0.393 e. The normalized spacial score (nSPS) is 10.8. The lowest BCUT2D eigenvalue weighted by Crippen LogP contribution is -2.23. The summed E-state index contributed by atoms with van der Waals surface area (Å²) in [7, 11) is 3.40. The van der Waals surface area contributed by atoms with Gasteiger partial charge in [-0.1, -0.05) is 30.3 Å². The average molecular weight is 247 g/mol. The Hall–Kier alpha value is -2.01. The molecule has 0 atom stereocenters. The summed E-state index contributed by atoms with van der Waals surface area (Å²) in [4.78, 5) is 12.1. The number of aromatic nitrogens is 2. The summed E-state index contributed by atoms with van der Waals surface area (Å²) >= 11 is 0. The molecule has 0 bridgehead atoms. The van der Waals surface area contributed by atoms with Crippen LogP contribution in [0.1, 0.15) is 11.3 Å². The predicted octanol–water partition coefficient (Wildman–Crippen LogP) is 0.964. The predicted molar refractivity (Wildman–Crippen MR) is 70.3 cm³/mol. The molecule has 0 aliphatic rings. The van der Waals surface area contributed by atoms with E-state index in [1.54, 1.807) is 16.5 Å². The molecule has 0 aliphatic heterocycles. The zero-order valence-corrected chi connectivity index (χ0v) is 10.6. The molecule has 5 heteroatoms. The topological polar surface area (TPSA) is 62.2 Å². The number of nitrogen functional groups attached to an aromatic ring is 1. The Morgan fingerprint density at radius 1 is 1.28 bits per heavy atom. The Morgan fingerprint density at radius 2 is 1.94 bits per heavy atom. The van der Waals surface area contributed by atoms with Crippen LogP contribution in [0.25, 0.3) is 0 Å². The first kappa shape index (κ1) is 12.4. The first-order valence-corrected chi connectivity index (χ1v) is 5.72. The molecule has 0 amide bonds. The van der Waals surface area contributed by atoms with Crippen molar-refractivity contribution in [1.29, 1.82) is 0 Å². The lowest BCUT2D eigenvalue weighted by atomic mass is 10.2. The van der Waals surface area contributed by atoms with E-state index in [1.807, 2.05) is 37.4 Å². The summed E-state index contributed by atoms with van der Waals surface area (Å²) in [6, 6.07) is 9.80. The number of benzene rings is 1. The standard InChI is InChI=1S/C13H17N3O2/c1-15-11(9-18-2)12(14)13(17)16(15)8-10-6-4-3-5-7-10/h3-7H,8-9,14H2,1-2H3. The van der Waals surface area contributed by atoms with Crippen molar-refractivity contribution in [2.24, 2.45) is 7.05 Å². The van der Waals surface area contributed by atoms with Crippen LogP contribution in [0.5, 0.6) is 0 Å². The first-order chi connectivity index (χ1) is 8.65. The van der Waals surface area contributed by atoms with Crippen LogP contribution in [0, 0.1) is 0 Å². The highest BCUT2D eigenvalue weighted by molar-refractivity contribution is 5.41. The van der Waals surface area contributed by atoms with E-state index in [1.165, 1.54) is 0 Å². The molecule has 0 saturated heterocycles. The number of ether oxygens (including phenoxy) is 1. The zero-order valence-electron chi connectivity index (χ0n) is 10.6. The van der Waals surface area contributed by atoms with Gasteiger partial charge in [0.05, 0.1) is 18.8 Å². The fourth-order valence-electron chi connectivity index (χ4n) is 1.96. The molecule has 18 heavy (non-hydrogen) atoms. The second-order valence-corrected chi connectivity index (χ2v) is 4.17. The Kier molecular flexibility index (Phi) is 3.53. The van der Waals surface area contributed by atoms with Crippen molar-refractivity contribution in [1.82, 2.24) is 9.36 Å². The first-order valence-electron chi connectivity index (χ1n) is 5.72. The maximum Gasteiger partial charge on any atom is 0.290 e. The van der Waals surface area contributed by atoms with E-state index in [0.717, 1.165) is 5.56 Å². The van der Waals surface area contributed by atoms with Gasteiger partial charge < -0.3 is 10.5 Å². The van der Waals surface area contributed by atoms with Gasteiger partial charge in [0.25, 0.3) is 5.56 Å². The third kappa shape index (κ3) is 2.17. The molecular formula is C13H17N3O2. The molecule has 1 aromatic heterocycles. The number of rotatable bonds is 4. The van der Waals surface area contributed by atoms with Crippen LogP contribution in [-0.2, 0) is 24.9 Å². The minimum absolute atomic E-state index is 0.173. The van der Waals surface area contributed by atoms with Crippen LogP contribution < -0.4 is 11.3 Å². The van der Waals surface area contributed by atoms with Crippen LogP contribution in [0.3, 0.4) is 0 Å². The quantitative estimate of drug-likeness (QED) is 0.875. The third-order valence-corrected chi connectivity index (χ3v) is 2.98. The van der Waals surface area contributed by atoms with Crippen molar-refractivity contribution in [2.75, 3.05) is 12.8 Å². The smallest absolute Gasteiger partial charge is 0.290 e. The van der Waals surface area contributed by atoms with Gasteiger partial charge in [0, 0.05) is 14.2 Å².